The molecule has 1 rings (SSSR count). The topological polar surface area (TPSA) is 53.6 Å². The zero-order valence-corrected chi connectivity index (χ0v) is 9.58. The standard InChI is InChI=1S/C10H21N3O2/c1-3-12-10(14)9-8-15-7-6-13(9)5-4-11-2/h9,11H,3-8H2,1-2H3,(H,12,14). The lowest BCUT2D eigenvalue weighted by Gasteiger charge is -2.34. The molecule has 5 heteroatoms. The van der Waals surface area contributed by atoms with Crippen molar-refractivity contribution in [3.05, 3.63) is 0 Å². The largest absolute Gasteiger partial charge is 0.378 e. The van der Waals surface area contributed by atoms with Gasteiger partial charge >= 0.3 is 0 Å². The van der Waals surface area contributed by atoms with Gasteiger partial charge in [-0.1, -0.05) is 0 Å². The van der Waals surface area contributed by atoms with Crippen LogP contribution in [-0.4, -0.2) is 63.3 Å². The lowest BCUT2D eigenvalue weighted by Crippen LogP contribution is -2.54. The lowest BCUT2D eigenvalue weighted by atomic mass is 10.2. The van der Waals surface area contributed by atoms with Gasteiger partial charge in [-0.05, 0) is 14.0 Å². The Balaban J connectivity index is 2.45. The molecule has 1 saturated heterocycles. The zero-order valence-electron chi connectivity index (χ0n) is 9.58. The summed E-state index contributed by atoms with van der Waals surface area (Å²) in [6, 6.07) is -0.118. The fourth-order valence-electron chi connectivity index (χ4n) is 1.69. The predicted octanol–water partition coefficient (Wildman–Crippen LogP) is -0.957. The number of likely N-dealkylation sites (N-methyl/N-ethyl adjacent to an activating group) is 2. The molecule has 88 valence electrons. The number of rotatable bonds is 5. The average Bonchev–Trinajstić information content (AvgIpc) is 2.27. The van der Waals surface area contributed by atoms with Gasteiger partial charge in [0, 0.05) is 26.2 Å². The maximum atomic E-state index is 11.7. The molecular weight excluding hydrogens is 194 g/mol. The van der Waals surface area contributed by atoms with Crippen LogP contribution in [-0.2, 0) is 9.53 Å². The van der Waals surface area contributed by atoms with Crippen molar-refractivity contribution in [1.82, 2.24) is 15.5 Å². The Kier molecular flexibility index (Phi) is 5.60. The quantitative estimate of drug-likeness (QED) is 0.620. The summed E-state index contributed by atoms with van der Waals surface area (Å²) in [4.78, 5) is 13.9. The highest BCUT2D eigenvalue weighted by Crippen LogP contribution is 2.06. The van der Waals surface area contributed by atoms with Gasteiger partial charge < -0.3 is 15.4 Å². The summed E-state index contributed by atoms with van der Waals surface area (Å²) in [6.07, 6.45) is 0. The molecule has 1 aliphatic heterocycles. The van der Waals surface area contributed by atoms with Crippen molar-refractivity contribution >= 4 is 5.91 Å². The molecule has 1 unspecified atom stereocenters. The SMILES string of the molecule is CCNC(=O)C1COCCN1CCNC. The van der Waals surface area contributed by atoms with E-state index in [1.807, 2.05) is 14.0 Å². The van der Waals surface area contributed by atoms with E-state index in [9.17, 15) is 4.79 Å². The summed E-state index contributed by atoms with van der Waals surface area (Å²) in [7, 11) is 1.92. The fourth-order valence-corrected chi connectivity index (χ4v) is 1.69. The number of ether oxygens (including phenoxy) is 1. The highest BCUT2D eigenvalue weighted by Gasteiger charge is 2.28. The van der Waals surface area contributed by atoms with Crippen LogP contribution < -0.4 is 10.6 Å². The van der Waals surface area contributed by atoms with Crippen molar-refractivity contribution in [2.45, 2.75) is 13.0 Å². The summed E-state index contributed by atoms with van der Waals surface area (Å²) in [5, 5.41) is 5.93. The third-order valence-corrected chi connectivity index (χ3v) is 2.54. The number of hydrogen-bond acceptors (Lipinski definition) is 4. The van der Waals surface area contributed by atoms with Crippen molar-refractivity contribution < 1.29 is 9.53 Å². The maximum absolute atomic E-state index is 11.7. The second kappa shape index (κ2) is 6.76. The van der Waals surface area contributed by atoms with Gasteiger partial charge in [-0.2, -0.15) is 0 Å². The molecule has 1 fully saturated rings. The molecule has 0 aliphatic carbocycles. The minimum absolute atomic E-state index is 0.0771. The summed E-state index contributed by atoms with van der Waals surface area (Å²) >= 11 is 0. The van der Waals surface area contributed by atoms with Gasteiger partial charge in [0.15, 0.2) is 0 Å². The molecule has 15 heavy (non-hydrogen) atoms. The third-order valence-electron chi connectivity index (χ3n) is 2.54. The first-order chi connectivity index (χ1) is 7.29. The van der Waals surface area contributed by atoms with Crippen molar-refractivity contribution in [2.75, 3.05) is 46.4 Å². The van der Waals surface area contributed by atoms with Crippen LogP contribution in [0.15, 0.2) is 0 Å². The first-order valence-electron chi connectivity index (χ1n) is 5.53. The number of hydrogen-bond donors (Lipinski definition) is 2. The van der Waals surface area contributed by atoms with Gasteiger partial charge in [-0.25, -0.2) is 0 Å². The van der Waals surface area contributed by atoms with E-state index in [0.717, 1.165) is 26.2 Å². The van der Waals surface area contributed by atoms with E-state index in [0.29, 0.717) is 13.2 Å². The van der Waals surface area contributed by atoms with Crippen molar-refractivity contribution in [2.24, 2.45) is 0 Å². The summed E-state index contributed by atoms with van der Waals surface area (Å²) < 4.78 is 5.34. The maximum Gasteiger partial charge on any atom is 0.239 e. The second-order valence-corrected chi connectivity index (χ2v) is 3.62. The van der Waals surface area contributed by atoms with E-state index in [2.05, 4.69) is 15.5 Å². The van der Waals surface area contributed by atoms with E-state index in [1.165, 1.54) is 0 Å². The zero-order chi connectivity index (χ0) is 11.1. The van der Waals surface area contributed by atoms with Gasteiger partial charge in [0.2, 0.25) is 5.91 Å². The first-order valence-corrected chi connectivity index (χ1v) is 5.53. The molecule has 0 aromatic rings. The highest BCUT2D eigenvalue weighted by atomic mass is 16.5. The summed E-state index contributed by atoms with van der Waals surface area (Å²) in [5.74, 6) is 0.0771. The van der Waals surface area contributed by atoms with Gasteiger partial charge in [-0.3, -0.25) is 9.69 Å². The van der Waals surface area contributed by atoms with E-state index in [-0.39, 0.29) is 11.9 Å². The van der Waals surface area contributed by atoms with Gasteiger partial charge in [0.1, 0.15) is 6.04 Å². The highest BCUT2D eigenvalue weighted by molar-refractivity contribution is 5.81. The van der Waals surface area contributed by atoms with E-state index >= 15 is 0 Å². The molecule has 0 saturated carbocycles. The summed E-state index contributed by atoms with van der Waals surface area (Å²) in [6.45, 7) is 6.46. The number of carbonyl (C=O) groups excluding carboxylic acids is 1. The molecule has 0 bridgehead atoms. The van der Waals surface area contributed by atoms with Crippen molar-refractivity contribution in [3.8, 4) is 0 Å². The number of nitrogens with zero attached hydrogens (tertiary/aromatic N) is 1. The monoisotopic (exact) mass is 215 g/mol. The molecule has 1 heterocycles. The molecule has 2 N–H and O–H groups in total. The van der Waals surface area contributed by atoms with Crippen LogP contribution in [0.25, 0.3) is 0 Å². The minimum atomic E-state index is -0.118. The average molecular weight is 215 g/mol. The van der Waals surface area contributed by atoms with Crippen LogP contribution in [0.5, 0.6) is 0 Å². The molecule has 1 amide bonds. The molecule has 0 aromatic carbocycles. The smallest absolute Gasteiger partial charge is 0.239 e. The number of carbonyl (C=O) groups is 1. The normalized spacial score (nSPS) is 22.7. The van der Waals surface area contributed by atoms with Crippen LogP contribution in [0.3, 0.4) is 0 Å². The van der Waals surface area contributed by atoms with E-state index < -0.39 is 0 Å². The fraction of sp³-hybridized carbons (Fsp3) is 0.900. The Morgan fingerprint density at radius 3 is 3.07 bits per heavy atom. The molecule has 0 spiro atoms. The number of amides is 1. The molecule has 1 atom stereocenters. The molecule has 0 aromatic heterocycles. The van der Waals surface area contributed by atoms with Gasteiger partial charge in [0.25, 0.3) is 0 Å². The van der Waals surface area contributed by atoms with Crippen molar-refractivity contribution in [1.29, 1.82) is 0 Å². The molecular formula is C10H21N3O2. The Morgan fingerprint density at radius 1 is 1.60 bits per heavy atom. The molecule has 1 aliphatic rings. The van der Waals surface area contributed by atoms with Gasteiger partial charge in [0.05, 0.1) is 13.2 Å². The van der Waals surface area contributed by atoms with Crippen LogP contribution >= 0.6 is 0 Å². The molecule has 0 radical (unpaired) electrons. The lowest BCUT2D eigenvalue weighted by molar-refractivity contribution is -0.132. The van der Waals surface area contributed by atoms with Crippen LogP contribution in [0, 0.1) is 0 Å². The second-order valence-electron chi connectivity index (χ2n) is 3.62. The van der Waals surface area contributed by atoms with Crippen LogP contribution in [0.1, 0.15) is 6.92 Å². The van der Waals surface area contributed by atoms with Crippen molar-refractivity contribution in [3.63, 3.8) is 0 Å². The Labute approximate surface area is 91.2 Å². The van der Waals surface area contributed by atoms with E-state index in [1.54, 1.807) is 0 Å². The number of morpholine rings is 1. The predicted molar refractivity (Wildman–Crippen MR) is 58.8 cm³/mol. The number of nitrogens with one attached hydrogen (secondary N) is 2. The Hall–Kier alpha value is -0.650. The van der Waals surface area contributed by atoms with E-state index in [4.69, 9.17) is 4.74 Å². The Bertz CT molecular complexity index is 199. The molecule has 5 nitrogen and oxygen atoms in total. The van der Waals surface area contributed by atoms with Crippen LogP contribution in [0.2, 0.25) is 0 Å². The van der Waals surface area contributed by atoms with Gasteiger partial charge in [-0.15, -0.1) is 0 Å². The first kappa shape index (κ1) is 12.4. The Morgan fingerprint density at radius 2 is 2.40 bits per heavy atom. The minimum Gasteiger partial charge on any atom is -0.378 e. The summed E-state index contributed by atoms with van der Waals surface area (Å²) in [5.41, 5.74) is 0. The third kappa shape index (κ3) is 3.77. The van der Waals surface area contributed by atoms with Crippen LogP contribution in [0.4, 0.5) is 0 Å².